The Kier molecular flexibility index (Phi) is 24.3. The van der Waals surface area contributed by atoms with Crippen molar-refractivity contribution in [1.29, 1.82) is 0 Å². The molecule has 2 heterocycles. The van der Waals surface area contributed by atoms with Crippen LogP contribution in [-0.4, -0.2) is 149 Å². The van der Waals surface area contributed by atoms with Crippen molar-refractivity contribution in [2.24, 2.45) is 0 Å². The Morgan fingerprint density at radius 1 is 0.505 bits per heavy atom. The monoisotopic (exact) mass is 1380 g/mol. The Morgan fingerprint density at radius 3 is 1.43 bits per heavy atom. The quantitative estimate of drug-likeness (QED) is 0.0185. The Labute approximate surface area is 570 Å². The van der Waals surface area contributed by atoms with Gasteiger partial charge in [0.05, 0.1) is 33.5 Å². The summed E-state index contributed by atoms with van der Waals surface area (Å²) in [6.07, 6.45) is -12.3. The highest BCUT2D eigenvalue weighted by Gasteiger charge is 2.54. The number of ether oxygens (including phenoxy) is 8. The van der Waals surface area contributed by atoms with Gasteiger partial charge in [-0.25, -0.2) is 4.79 Å². The number of hydrogen-bond acceptors (Lipinski definition) is 17. The van der Waals surface area contributed by atoms with Crippen LogP contribution in [0.5, 0.6) is 34.5 Å². The first-order valence-corrected chi connectivity index (χ1v) is 44.8. The Morgan fingerprint density at radius 2 is 0.958 bits per heavy atom. The molecule has 2 aliphatic heterocycles. The molecule has 10 atom stereocenters. The second kappa shape index (κ2) is 30.0. The lowest BCUT2D eigenvalue weighted by atomic mass is 9.80. The van der Waals surface area contributed by atoms with E-state index in [1.807, 2.05) is 115 Å². The number of rotatable bonds is 25. The van der Waals surface area contributed by atoms with Gasteiger partial charge in [-0.1, -0.05) is 150 Å². The Hall–Kier alpha value is -5.38. The fourth-order valence-electron chi connectivity index (χ4n) is 10.0. The molecule has 2 fully saturated rings. The third-order valence-electron chi connectivity index (χ3n) is 20.3. The van der Waals surface area contributed by atoms with E-state index >= 15 is 0 Å². The fraction of sp³-hybridized carbons (Fsp3) is 0.554. The number of carbonyl (C=O) groups excluding carboxylic acids is 1. The molecule has 5 aromatic rings. The van der Waals surface area contributed by atoms with Crippen molar-refractivity contribution in [2.75, 3.05) is 27.4 Å². The number of esters is 1. The van der Waals surface area contributed by atoms with Crippen molar-refractivity contribution < 1.29 is 80.8 Å². The summed E-state index contributed by atoms with van der Waals surface area (Å²) in [4.78, 5) is 14.9. The van der Waals surface area contributed by atoms with E-state index in [1.165, 1.54) is 13.0 Å². The molecule has 0 spiro atoms. The maximum absolute atomic E-state index is 14.9. The second-order valence-corrected chi connectivity index (χ2v) is 50.3. The number of aliphatic hydroxyl groups excluding tert-OH is 4. The second-order valence-electron chi connectivity index (χ2n) is 31.4. The van der Waals surface area contributed by atoms with Gasteiger partial charge in [-0.05, 0) is 168 Å². The van der Waals surface area contributed by atoms with Crippen LogP contribution in [0, 0.1) is 0 Å². The van der Waals surface area contributed by atoms with Crippen molar-refractivity contribution in [2.45, 2.75) is 236 Å². The van der Waals surface area contributed by atoms with Gasteiger partial charge in [0.15, 0.2) is 18.7 Å². The van der Waals surface area contributed by atoms with Crippen LogP contribution in [0.25, 0.3) is 6.08 Å². The predicted molar refractivity (Wildman–Crippen MR) is 383 cm³/mol. The van der Waals surface area contributed by atoms with Crippen LogP contribution in [0.4, 0.5) is 0 Å². The summed E-state index contributed by atoms with van der Waals surface area (Å²) in [7, 11) is -6.34. The number of aliphatic hydroxyl groups is 4. The van der Waals surface area contributed by atoms with Crippen LogP contribution < -0.4 is 27.2 Å². The molecule has 5 aromatic carbocycles. The van der Waals surface area contributed by atoms with E-state index in [0.29, 0.717) is 57.6 Å². The van der Waals surface area contributed by atoms with Crippen molar-refractivity contribution in [3.05, 3.63) is 149 Å². The molecule has 4 N–H and O–H groups in total. The van der Waals surface area contributed by atoms with Gasteiger partial charge in [0.2, 0.25) is 0 Å². The van der Waals surface area contributed by atoms with Crippen LogP contribution >= 0.6 is 0 Å². The van der Waals surface area contributed by atoms with E-state index < -0.39 is 106 Å². The maximum Gasteiger partial charge on any atom is 0.331 e. The van der Waals surface area contributed by atoms with Crippen molar-refractivity contribution in [1.82, 2.24) is 0 Å². The number of hydrogen-bond donors (Lipinski definition) is 4. The number of methoxy groups -OCH3 is 2. The average molecular weight is 1380 g/mol. The zero-order chi connectivity index (χ0) is 70.7. The molecule has 0 aromatic heterocycles. The summed E-state index contributed by atoms with van der Waals surface area (Å²) >= 11 is 0. The minimum absolute atomic E-state index is 0.00578. The summed E-state index contributed by atoms with van der Waals surface area (Å²) in [5.74, 6) is 2.87. The highest BCUT2D eigenvalue weighted by Crippen LogP contribution is 2.48. The summed E-state index contributed by atoms with van der Waals surface area (Å²) in [6.45, 7) is 44.9. The molecule has 0 amide bonds. The zero-order valence-electron chi connectivity index (χ0n) is 60.6. The smallest absolute Gasteiger partial charge is 0.331 e. The lowest BCUT2D eigenvalue weighted by molar-refractivity contribution is -0.359. The summed E-state index contributed by atoms with van der Waals surface area (Å²) < 4.78 is 79.4. The lowest BCUT2D eigenvalue weighted by Crippen LogP contribution is -2.65. The van der Waals surface area contributed by atoms with Gasteiger partial charge in [-0.15, -0.1) is 0 Å². The van der Waals surface area contributed by atoms with Gasteiger partial charge in [0.1, 0.15) is 76.7 Å². The van der Waals surface area contributed by atoms with E-state index in [2.05, 4.69) is 135 Å². The molecular formula is C74H110O17Si4. The highest BCUT2D eigenvalue weighted by molar-refractivity contribution is 6.76. The molecule has 2 saturated heterocycles. The topological polar surface area (TPSA) is 209 Å². The van der Waals surface area contributed by atoms with E-state index in [4.69, 9.17) is 55.6 Å². The van der Waals surface area contributed by atoms with E-state index in [9.17, 15) is 25.2 Å². The fourth-order valence-corrected chi connectivity index (χ4v) is 14.1. The minimum Gasteiger partial charge on any atom is -0.541 e. The third-order valence-corrected chi connectivity index (χ3v) is 37.7. The van der Waals surface area contributed by atoms with E-state index in [0.717, 1.165) is 11.1 Å². The first-order chi connectivity index (χ1) is 44.0. The third kappa shape index (κ3) is 18.1. The largest absolute Gasteiger partial charge is 0.541 e. The van der Waals surface area contributed by atoms with Crippen LogP contribution in [0.1, 0.15) is 118 Å². The zero-order valence-corrected chi connectivity index (χ0v) is 64.6. The molecular weight excluding hydrogens is 1270 g/mol. The van der Waals surface area contributed by atoms with Crippen LogP contribution in [0.15, 0.2) is 121 Å². The standard InChI is InChI=1S/C74H110O17Si4/c1-48-62(76)63(77)64(78)69(84-48)87-67-65(79)68(82-44-43-50-30-41-57(89-93(18,19)71(5,6)7)59(46-50)91-95(22,23)73(11,12)13)85-60(47-83-74(51-27-25-24-26-28-51,52-32-36-54(80-14)37-33-52)53-34-38-55(81-15)39-35-53)66(67)86-61(75)42-31-49-29-40-56(88-92(16,17)70(2,3)4)58(45-49)90-94(20,21)72(8,9)10/h24-42,45-46,48,60,62-69,76-79H,43-44,47H2,1-23H3/b42-31+/t48-,60+,62-,63+,64+,65+,66+,67+,68+,69-/m0/s1. The van der Waals surface area contributed by atoms with Gasteiger partial charge >= 0.3 is 5.97 Å². The average Bonchev–Trinajstić information content (AvgIpc) is 0.757. The molecule has 21 heteroatoms. The van der Waals surface area contributed by atoms with Crippen LogP contribution in [0.2, 0.25) is 72.5 Å². The lowest BCUT2D eigenvalue weighted by Gasteiger charge is -2.47. The summed E-state index contributed by atoms with van der Waals surface area (Å²) in [5.41, 5.74) is 2.16. The molecule has 0 bridgehead atoms. The Balaban J connectivity index is 1.34. The molecule has 95 heavy (non-hydrogen) atoms. The SMILES string of the molecule is COc1ccc(C(OC[C@H]2O[C@@H](OCCc3ccc(O[Si](C)(C)C(C)(C)C)c(O[Si](C)(C)C(C)(C)C)c3)[C@H](O)[C@@H](O[C@@H]3O[C@@H](C)[C@H](O)[C@@H](O)[C@H]3O)[C@@H]2OC(=O)/C=C/c2ccc(O[Si](C)(C)C(C)(C)C)c(O[Si](C)(C)C(C)(C)C)c2)(c2ccccc2)c2ccc(OC)cc2)cc1. The Bertz CT molecular complexity index is 3300. The van der Waals surface area contributed by atoms with E-state index in [-0.39, 0.29) is 33.4 Å². The number of carbonyl (C=O) groups is 1. The van der Waals surface area contributed by atoms with Gasteiger partial charge in [-0.3, -0.25) is 0 Å². The predicted octanol–water partition coefficient (Wildman–Crippen LogP) is 14.7. The van der Waals surface area contributed by atoms with Crippen molar-refractivity contribution in [3.8, 4) is 34.5 Å². The van der Waals surface area contributed by atoms with Gasteiger partial charge in [-0.2, -0.15) is 0 Å². The first-order valence-electron chi connectivity index (χ1n) is 33.2. The molecule has 7 rings (SSSR count). The normalized spacial score (nSPS) is 22.9. The van der Waals surface area contributed by atoms with Crippen LogP contribution in [-0.2, 0) is 45.2 Å². The molecule has 0 aliphatic carbocycles. The van der Waals surface area contributed by atoms with Crippen LogP contribution in [0.3, 0.4) is 0 Å². The van der Waals surface area contributed by atoms with Crippen molar-refractivity contribution in [3.63, 3.8) is 0 Å². The maximum atomic E-state index is 14.9. The van der Waals surface area contributed by atoms with Gasteiger partial charge in [0.25, 0.3) is 33.3 Å². The summed E-state index contributed by atoms with van der Waals surface area (Å²) in [6, 6.07) is 36.2. The molecule has 0 saturated carbocycles. The van der Waals surface area contributed by atoms with Crippen molar-refractivity contribution >= 4 is 45.3 Å². The summed E-state index contributed by atoms with van der Waals surface area (Å²) in [5, 5.41) is 46.1. The molecule has 524 valence electrons. The molecule has 0 unspecified atom stereocenters. The van der Waals surface area contributed by atoms with Gasteiger partial charge in [0, 0.05) is 6.08 Å². The molecule has 2 aliphatic rings. The minimum atomic E-state index is -2.44. The molecule has 17 nitrogen and oxygen atoms in total. The first kappa shape index (κ1) is 77.0. The highest BCUT2D eigenvalue weighted by atomic mass is 28.4. The van der Waals surface area contributed by atoms with E-state index in [1.54, 1.807) is 20.3 Å². The molecule has 0 radical (unpaired) electrons. The van der Waals surface area contributed by atoms with Gasteiger partial charge < -0.3 is 76.0 Å². The number of benzene rings is 5.